The van der Waals surface area contributed by atoms with E-state index in [0.29, 0.717) is 15.7 Å². The van der Waals surface area contributed by atoms with Gasteiger partial charge in [-0.25, -0.2) is 0 Å². The molecule has 0 spiro atoms. The number of anilines is 2. The fourth-order valence-electron chi connectivity index (χ4n) is 1.40. The van der Waals surface area contributed by atoms with Crippen LogP contribution in [-0.4, -0.2) is 0 Å². The zero-order chi connectivity index (χ0) is 12.3. The van der Waals surface area contributed by atoms with E-state index in [4.69, 9.17) is 23.2 Å². The van der Waals surface area contributed by atoms with Crippen LogP contribution in [0.1, 0.15) is 0 Å². The molecule has 0 radical (unpaired) electrons. The highest BCUT2D eigenvalue weighted by Crippen LogP contribution is 2.34. The molecule has 0 aliphatic carbocycles. The fourth-order valence-corrected chi connectivity index (χ4v) is 1.73. The summed E-state index contributed by atoms with van der Waals surface area (Å²) in [5.41, 5.74) is 1.57. The molecule has 2 aromatic carbocycles. The van der Waals surface area contributed by atoms with Crippen LogP contribution in [0.3, 0.4) is 0 Å². The zero-order valence-corrected chi connectivity index (χ0v) is 10.2. The number of hydrogen-bond acceptors (Lipinski definition) is 3. The molecule has 0 amide bonds. The predicted octanol–water partition coefficient (Wildman–Crippen LogP) is 5.13. The van der Waals surface area contributed by atoms with E-state index in [-0.39, 0.29) is 5.69 Å². The van der Waals surface area contributed by atoms with E-state index < -0.39 is 0 Å². The lowest BCUT2D eigenvalue weighted by Gasteiger charge is -2.08. The third-order valence-corrected chi connectivity index (χ3v) is 2.76. The van der Waals surface area contributed by atoms with Gasteiger partial charge in [0.25, 0.3) is 0 Å². The Kier molecular flexibility index (Phi) is 3.61. The summed E-state index contributed by atoms with van der Waals surface area (Å²) in [5, 5.41) is 6.93. The molecule has 17 heavy (non-hydrogen) atoms. The van der Waals surface area contributed by atoms with Crippen LogP contribution < -0.4 is 5.32 Å². The second-order valence-corrected chi connectivity index (χ2v) is 4.20. The first-order chi connectivity index (χ1) is 8.20. The molecule has 0 aliphatic rings. The third-order valence-electron chi connectivity index (χ3n) is 2.20. The Morgan fingerprint density at radius 1 is 1.00 bits per heavy atom. The molecular weight excluding hydrogens is 259 g/mol. The van der Waals surface area contributed by atoms with Gasteiger partial charge in [-0.05, 0) is 41.6 Å². The maximum Gasteiger partial charge on any atom is 0.149 e. The highest BCUT2D eigenvalue weighted by atomic mass is 35.5. The van der Waals surface area contributed by atoms with E-state index in [9.17, 15) is 4.91 Å². The Hall–Kier alpha value is -1.58. The van der Waals surface area contributed by atoms with Gasteiger partial charge in [-0.1, -0.05) is 29.3 Å². The van der Waals surface area contributed by atoms with E-state index in [1.54, 1.807) is 42.5 Å². The largest absolute Gasteiger partial charge is 0.354 e. The third kappa shape index (κ3) is 2.75. The van der Waals surface area contributed by atoms with Crippen molar-refractivity contribution in [2.45, 2.75) is 0 Å². The van der Waals surface area contributed by atoms with Gasteiger partial charge in [0.15, 0.2) is 0 Å². The van der Waals surface area contributed by atoms with Gasteiger partial charge < -0.3 is 5.32 Å². The maximum atomic E-state index is 10.7. The maximum absolute atomic E-state index is 10.7. The fraction of sp³-hybridized carbons (Fsp3) is 0. The molecular formula is C12H8Cl2N2O. The van der Waals surface area contributed by atoms with Gasteiger partial charge in [-0.15, -0.1) is 4.91 Å². The van der Waals surface area contributed by atoms with Gasteiger partial charge in [0.1, 0.15) is 5.69 Å². The van der Waals surface area contributed by atoms with Crippen molar-refractivity contribution < 1.29 is 0 Å². The van der Waals surface area contributed by atoms with Gasteiger partial charge in [-0.2, -0.15) is 0 Å². The monoisotopic (exact) mass is 266 g/mol. The minimum atomic E-state index is 0.198. The molecule has 0 atom stereocenters. The molecule has 5 heteroatoms. The SMILES string of the molecule is O=Nc1c(Cl)cccc1Nc1ccc(Cl)cc1. The van der Waals surface area contributed by atoms with Gasteiger partial charge in [0, 0.05) is 10.7 Å². The van der Waals surface area contributed by atoms with Crippen LogP contribution in [0.4, 0.5) is 17.1 Å². The Bertz CT molecular complexity index is 541. The summed E-state index contributed by atoms with van der Waals surface area (Å²) in [4.78, 5) is 10.7. The van der Waals surface area contributed by atoms with Crippen molar-refractivity contribution in [2.24, 2.45) is 5.18 Å². The first-order valence-corrected chi connectivity index (χ1v) is 5.61. The van der Waals surface area contributed by atoms with E-state index in [1.165, 1.54) is 0 Å². The molecule has 0 saturated carbocycles. The van der Waals surface area contributed by atoms with E-state index in [0.717, 1.165) is 5.69 Å². The highest BCUT2D eigenvalue weighted by Gasteiger charge is 2.07. The second kappa shape index (κ2) is 5.17. The minimum absolute atomic E-state index is 0.198. The van der Waals surface area contributed by atoms with E-state index >= 15 is 0 Å². The second-order valence-electron chi connectivity index (χ2n) is 3.36. The lowest BCUT2D eigenvalue weighted by atomic mass is 10.2. The topological polar surface area (TPSA) is 41.5 Å². The average molecular weight is 267 g/mol. The summed E-state index contributed by atoms with van der Waals surface area (Å²) in [7, 11) is 0. The van der Waals surface area contributed by atoms with E-state index in [1.807, 2.05) is 0 Å². The van der Waals surface area contributed by atoms with Crippen molar-refractivity contribution in [1.29, 1.82) is 0 Å². The number of halogens is 2. The molecule has 0 fully saturated rings. The molecule has 0 saturated heterocycles. The molecule has 2 aromatic rings. The summed E-state index contributed by atoms with van der Waals surface area (Å²) in [6.45, 7) is 0. The van der Waals surface area contributed by atoms with Crippen molar-refractivity contribution >= 4 is 40.3 Å². The Morgan fingerprint density at radius 2 is 1.71 bits per heavy atom. The molecule has 0 heterocycles. The van der Waals surface area contributed by atoms with Gasteiger partial charge in [0.05, 0.1) is 10.7 Å². The van der Waals surface area contributed by atoms with Crippen LogP contribution in [0.2, 0.25) is 10.0 Å². The summed E-state index contributed by atoms with van der Waals surface area (Å²) >= 11 is 11.6. The Labute approximate surface area is 108 Å². The number of nitrogens with one attached hydrogen (secondary N) is 1. The first kappa shape index (κ1) is 11.9. The summed E-state index contributed by atoms with van der Waals surface area (Å²) in [6, 6.07) is 12.2. The number of nitrogens with zero attached hydrogens (tertiary/aromatic N) is 1. The lowest BCUT2D eigenvalue weighted by Crippen LogP contribution is -1.90. The summed E-state index contributed by atoms with van der Waals surface area (Å²) in [5.74, 6) is 0. The van der Waals surface area contributed by atoms with Crippen molar-refractivity contribution in [3.8, 4) is 0 Å². The van der Waals surface area contributed by atoms with Crippen LogP contribution in [-0.2, 0) is 0 Å². The molecule has 0 unspecified atom stereocenters. The van der Waals surface area contributed by atoms with Crippen molar-refractivity contribution in [2.75, 3.05) is 5.32 Å². The van der Waals surface area contributed by atoms with Crippen LogP contribution >= 0.6 is 23.2 Å². The number of nitroso groups, excluding NO2 is 1. The van der Waals surface area contributed by atoms with Crippen LogP contribution in [0.5, 0.6) is 0 Å². The standard InChI is InChI=1S/C12H8Cl2N2O/c13-8-4-6-9(7-5-8)15-11-3-1-2-10(14)12(11)16-17/h1-7,15H. The van der Waals surface area contributed by atoms with E-state index in [2.05, 4.69) is 10.5 Å². The van der Waals surface area contributed by atoms with Crippen molar-refractivity contribution in [3.63, 3.8) is 0 Å². The van der Waals surface area contributed by atoms with Crippen LogP contribution in [0.25, 0.3) is 0 Å². The van der Waals surface area contributed by atoms with Crippen LogP contribution in [0.15, 0.2) is 47.6 Å². The van der Waals surface area contributed by atoms with Crippen molar-refractivity contribution in [3.05, 3.63) is 57.4 Å². The number of hydrogen-bond donors (Lipinski definition) is 1. The number of benzene rings is 2. The molecule has 1 N–H and O–H groups in total. The quantitative estimate of drug-likeness (QED) is 0.782. The normalized spacial score (nSPS) is 10.0. The summed E-state index contributed by atoms with van der Waals surface area (Å²) in [6.07, 6.45) is 0. The minimum Gasteiger partial charge on any atom is -0.354 e. The number of rotatable bonds is 3. The first-order valence-electron chi connectivity index (χ1n) is 4.85. The van der Waals surface area contributed by atoms with Gasteiger partial charge in [0.2, 0.25) is 0 Å². The van der Waals surface area contributed by atoms with Crippen molar-refractivity contribution in [1.82, 2.24) is 0 Å². The Balaban J connectivity index is 2.33. The predicted molar refractivity (Wildman–Crippen MR) is 71.6 cm³/mol. The molecule has 86 valence electrons. The average Bonchev–Trinajstić information content (AvgIpc) is 2.32. The molecule has 0 bridgehead atoms. The highest BCUT2D eigenvalue weighted by molar-refractivity contribution is 6.33. The molecule has 2 rings (SSSR count). The summed E-state index contributed by atoms with van der Waals surface area (Å²) < 4.78 is 0. The molecule has 3 nitrogen and oxygen atoms in total. The van der Waals surface area contributed by atoms with Gasteiger partial charge in [-0.3, -0.25) is 0 Å². The Morgan fingerprint density at radius 3 is 2.35 bits per heavy atom. The lowest BCUT2D eigenvalue weighted by molar-refractivity contribution is 1.46. The molecule has 0 aliphatic heterocycles. The zero-order valence-electron chi connectivity index (χ0n) is 8.65. The van der Waals surface area contributed by atoms with Crippen LogP contribution in [0, 0.1) is 4.91 Å². The smallest absolute Gasteiger partial charge is 0.149 e. The van der Waals surface area contributed by atoms with Gasteiger partial charge >= 0.3 is 0 Å². The molecule has 0 aromatic heterocycles.